The molecule has 2 aliphatic rings. The molecule has 1 heterocycles. The molecule has 0 bridgehead atoms. The van der Waals surface area contributed by atoms with Crippen LogP contribution in [-0.2, 0) is 20.2 Å². The van der Waals surface area contributed by atoms with Crippen LogP contribution in [0.4, 0.5) is 5.69 Å². The van der Waals surface area contributed by atoms with Crippen molar-refractivity contribution in [3.63, 3.8) is 0 Å². The molecular weight excluding hydrogens is 510 g/mol. The van der Waals surface area contributed by atoms with E-state index in [2.05, 4.69) is 11.2 Å². The van der Waals surface area contributed by atoms with Gasteiger partial charge in [-0.3, -0.25) is 19.3 Å². The highest BCUT2D eigenvalue weighted by Gasteiger charge is 2.30. The summed E-state index contributed by atoms with van der Waals surface area (Å²) in [5, 5.41) is 9.98. The van der Waals surface area contributed by atoms with Gasteiger partial charge in [-0.15, -0.1) is 6.42 Å². The van der Waals surface area contributed by atoms with E-state index in [0.717, 1.165) is 6.07 Å². The Bertz CT molecular complexity index is 1850. The molecule has 0 unspecified atom stereocenters. The van der Waals surface area contributed by atoms with Crippen molar-refractivity contribution in [2.45, 2.75) is 9.79 Å². The summed E-state index contributed by atoms with van der Waals surface area (Å²) in [6.45, 7) is -0.0276. The highest BCUT2D eigenvalue weighted by molar-refractivity contribution is 7.86. The smallest absolute Gasteiger partial charge is 0.300 e. The quantitative estimate of drug-likeness (QED) is 0.111. The van der Waals surface area contributed by atoms with E-state index >= 15 is 0 Å². The van der Waals surface area contributed by atoms with Gasteiger partial charge in [0.05, 0.1) is 17.6 Å². The summed E-state index contributed by atoms with van der Waals surface area (Å²) < 4.78 is 74.0. The zero-order chi connectivity index (χ0) is 26.4. The van der Waals surface area contributed by atoms with E-state index in [9.17, 15) is 30.7 Å². The van der Waals surface area contributed by atoms with Crippen molar-refractivity contribution in [1.82, 2.24) is 5.32 Å². The number of amides is 1. The number of nitrogen functional groups attached to an aromatic ring is 1. The second-order valence-corrected chi connectivity index (χ2v) is 10.3. The lowest BCUT2D eigenvalue weighted by Gasteiger charge is -2.19. The molecular formula is C23H17N3O8S2. The molecule has 0 saturated carbocycles. The molecule has 13 heteroatoms. The molecule has 36 heavy (non-hydrogen) atoms. The summed E-state index contributed by atoms with van der Waals surface area (Å²) in [6.07, 6.45) is 5.18. The minimum absolute atomic E-state index is 0.0276. The molecule has 0 fully saturated rings. The van der Waals surface area contributed by atoms with E-state index in [1.54, 1.807) is 6.07 Å². The first kappa shape index (κ1) is 24.9. The third-order valence-corrected chi connectivity index (χ3v) is 7.14. The topological polar surface area (TPSA) is 201 Å². The fourth-order valence-corrected chi connectivity index (χ4v) is 5.35. The Hall–Kier alpha value is -4.22. The predicted octanol–water partition coefficient (Wildman–Crippen LogP) is 2.12. The Morgan fingerprint density at radius 2 is 1.75 bits per heavy atom. The minimum atomic E-state index is -5.03. The van der Waals surface area contributed by atoms with Gasteiger partial charge < -0.3 is 15.5 Å². The second kappa shape index (κ2) is 8.77. The van der Waals surface area contributed by atoms with E-state index in [-0.39, 0.29) is 28.6 Å². The van der Waals surface area contributed by atoms with E-state index in [1.807, 2.05) is 0 Å². The number of nitrogens with two attached hydrogens (primary N) is 1. The molecule has 0 saturated heterocycles. The van der Waals surface area contributed by atoms with Gasteiger partial charge in [0.1, 0.15) is 0 Å². The average Bonchev–Trinajstić information content (AvgIpc) is 2.79. The normalized spacial score (nSPS) is 11.9. The standard InChI is InChI=1S/C23H17N3O8S2/c1-2-10-26-23(27)13-5-3-4-12(11-13)18-14-6-8-16(24)21(35(28,29)30)19(14)34-20-15(18)7-9-17(25)22(20)36(31,32)33/h1,3-9,11,24H,10,25H2,(H,26,27)(H,28,29,30)(H,31,32,33). The number of terminal acetylenes is 1. The van der Waals surface area contributed by atoms with Crippen LogP contribution < -0.4 is 16.4 Å². The van der Waals surface area contributed by atoms with Crippen LogP contribution in [0.1, 0.15) is 10.4 Å². The highest BCUT2D eigenvalue weighted by Crippen LogP contribution is 2.44. The number of fused-ring (bicyclic) bond motifs is 2. The first-order valence-corrected chi connectivity index (χ1v) is 12.9. The Labute approximate surface area is 204 Å². The van der Waals surface area contributed by atoms with Gasteiger partial charge in [0.25, 0.3) is 26.1 Å². The molecule has 6 N–H and O–H groups in total. The number of hydrogen-bond donors (Lipinski definition) is 5. The molecule has 1 aliphatic heterocycles. The maximum Gasteiger partial charge on any atom is 0.300 e. The molecule has 4 rings (SSSR count). The predicted molar refractivity (Wildman–Crippen MR) is 129 cm³/mol. The Balaban J connectivity index is 2.22. The molecule has 0 atom stereocenters. The zero-order valence-corrected chi connectivity index (χ0v) is 19.8. The fourth-order valence-electron chi connectivity index (χ4n) is 3.87. The van der Waals surface area contributed by atoms with Crippen LogP contribution in [0, 0.1) is 17.8 Å². The summed E-state index contributed by atoms with van der Waals surface area (Å²) in [5.41, 5.74) is 5.65. The third kappa shape index (κ3) is 4.30. The third-order valence-electron chi connectivity index (χ3n) is 5.28. The SMILES string of the molecule is C#CCNC(=O)c1cccc(-c2c3ccc(=N)c(S(=O)(=O)O)c-3oc3c(S(=O)(=O)O)c(N)ccc23)c1. The lowest BCUT2D eigenvalue weighted by Crippen LogP contribution is -2.23. The lowest BCUT2D eigenvalue weighted by atomic mass is 9.92. The summed E-state index contributed by atoms with van der Waals surface area (Å²) in [6, 6.07) is 11.1. The summed E-state index contributed by atoms with van der Waals surface area (Å²) in [4.78, 5) is 10.7. The van der Waals surface area contributed by atoms with Gasteiger partial charge in [0.15, 0.2) is 21.1 Å². The van der Waals surface area contributed by atoms with Gasteiger partial charge in [0, 0.05) is 22.1 Å². The number of benzene rings is 3. The van der Waals surface area contributed by atoms with E-state index < -0.39 is 58.3 Å². The highest BCUT2D eigenvalue weighted by atomic mass is 32.2. The number of anilines is 1. The Morgan fingerprint density at radius 1 is 1.06 bits per heavy atom. The van der Waals surface area contributed by atoms with Gasteiger partial charge in [0.2, 0.25) is 0 Å². The van der Waals surface area contributed by atoms with Crippen molar-refractivity contribution in [2.24, 2.45) is 0 Å². The molecule has 0 radical (unpaired) electrons. The first-order valence-electron chi connectivity index (χ1n) is 9.98. The molecule has 1 aliphatic carbocycles. The summed E-state index contributed by atoms with van der Waals surface area (Å²) in [7, 11) is -10.0. The van der Waals surface area contributed by atoms with Crippen LogP contribution in [0.15, 0.2) is 62.7 Å². The van der Waals surface area contributed by atoms with Crippen molar-refractivity contribution in [3.8, 4) is 34.8 Å². The number of nitrogens with one attached hydrogen (secondary N) is 2. The minimum Gasteiger partial charge on any atom is -0.453 e. The van der Waals surface area contributed by atoms with Crippen molar-refractivity contribution < 1.29 is 35.2 Å². The molecule has 1 amide bonds. The van der Waals surface area contributed by atoms with Crippen LogP contribution in [0.5, 0.6) is 0 Å². The van der Waals surface area contributed by atoms with Crippen LogP contribution in [-0.4, -0.2) is 38.4 Å². The maximum atomic E-state index is 12.5. The van der Waals surface area contributed by atoms with Crippen LogP contribution in [0.3, 0.4) is 0 Å². The van der Waals surface area contributed by atoms with Crippen LogP contribution >= 0.6 is 0 Å². The summed E-state index contributed by atoms with van der Waals surface area (Å²) >= 11 is 0. The number of carbonyl (C=O) groups excluding carboxylic acids is 1. The first-order chi connectivity index (χ1) is 16.8. The fraction of sp³-hybridized carbons (Fsp3) is 0.0435. The molecule has 2 aromatic rings. The van der Waals surface area contributed by atoms with Crippen molar-refractivity contribution >= 4 is 42.8 Å². The van der Waals surface area contributed by atoms with Gasteiger partial charge in [-0.25, -0.2) is 0 Å². The van der Waals surface area contributed by atoms with E-state index in [1.165, 1.54) is 36.4 Å². The second-order valence-electron chi connectivity index (χ2n) is 7.57. The van der Waals surface area contributed by atoms with E-state index in [4.69, 9.17) is 22.0 Å². The summed E-state index contributed by atoms with van der Waals surface area (Å²) in [5.74, 6) is 1.23. The molecule has 184 valence electrons. The lowest BCUT2D eigenvalue weighted by molar-refractivity contribution is 0.0958. The van der Waals surface area contributed by atoms with Crippen molar-refractivity contribution in [1.29, 1.82) is 5.41 Å². The van der Waals surface area contributed by atoms with Gasteiger partial charge in [-0.05, 0) is 42.0 Å². The Kier molecular flexibility index (Phi) is 6.07. The largest absolute Gasteiger partial charge is 0.453 e. The monoisotopic (exact) mass is 527 g/mol. The van der Waals surface area contributed by atoms with Crippen LogP contribution in [0.2, 0.25) is 0 Å². The number of carbonyl (C=O) groups is 1. The Morgan fingerprint density at radius 3 is 2.39 bits per heavy atom. The van der Waals surface area contributed by atoms with Crippen molar-refractivity contribution in [2.75, 3.05) is 12.3 Å². The number of rotatable bonds is 5. The zero-order valence-electron chi connectivity index (χ0n) is 18.1. The average molecular weight is 528 g/mol. The molecule has 11 nitrogen and oxygen atoms in total. The molecule has 0 spiro atoms. The van der Waals surface area contributed by atoms with Gasteiger partial charge in [-0.1, -0.05) is 18.1 Å². The van der Waals surface area contributed by atoms with E-state index in [0.29, 0.717) is 5.56 Å². The maximum absolute atomic E-state index is 12.5. The molecule has 2 aromatic carbocycles. The van der Waals surface area contributed by atoms with Gasteiger partial charge in [-0.2, -0.15) is 16.8 Å². The van der Waals surface area contributed by atoms with Crippen molar-refractivity contribution in [3.05, 3.63) is 59.5 Å². The molecule has 0 aromatic heterocycles. The van der Waals surface area contributed by atoms with Gasteiger partial charge >= 0.3 is 0 Å². The number of hydrogen-bond acceptors (Lipinski definition) is 8. The van der Waals surface area contributed by atoms with Crippen LogP contribution in [0.25, 0.3) is 33.4 Å².